The van der Waals surface area contributed by atoms with Crippen molar-refractivity contribution in [3.63, 3.8) is 0 Å². The molecule has 0 aromatic heterocycles. The quantitative estimate of drug-likeness (QED) is 0.624. The Balaban J connectivity index is 3.02. The molecular weight excluding hydrogens is 168 g/mol. The molecule has 0 atom stereocenters. The lowest BCUT2D eigenvalue weighted by molar-refractivity contribution is 0.856. The second-order valence-corrected chi connectivity index (χ2v) is 3.80. The van der Waals surface area contributed by atoms with Crippen LogP contribution in [0.25, 0.3) is 5.57 Å². The van der Waals surface area contributed by atoms with Crippen molar-refractivity contribution >= 4 is 5.57 Å². The van der Waals surface area contributed by atoms with Crippen LogP contribution in [0.1, 0.15) is 31.9 Å². The lowest BCUT2D eigenvalue weighted by Gasteiger charge is -2.09. The zero-order chi connectivity index (χ0) is 10.6. The van der Waals surface area contributed by atoms with E-state index in [2.05, 4.69) is 57.3 Å². The van der Waals surface area contributed by atoms with Crippen LogP contribution in [0, 0.1) is 5.92 Å². The number of hydrogen-bond acceptors (Lipinski definition) is 0. The molecule has 0 spiro atoms. The van der Waals surface area contributed by atoms with E-state index in [9.17, 15) is 0 Å². The van der Waals surface area contributed by atoms with Crippen molar-refractivity contribution in [3.8, 4) is 0 Å². The van der Waals surface area contributed by atoms with Gasteiger partial charge < -0.3 is 0 Å². The Morgan fingerprint density at radius 2 is 1.86 bits per heavy atom. The Bertz CT molecular complexity index is 335. The van der Waals surface area contributed by atoms with E-state index in [4.69, 9.17) is 0 Å². The van der Waals surface area contributed by atoms with Crippen LogP contribution in [-0.4, -0.2) is 0 Å². The largest absolute Gasteiger partial charge is 0.124 e. The topological polar surface area (TPSA) is 0 Å². The average molecular weight is 186 g/mol. The molecule has 0 amide bonds. The Labute approximate surface area is 87.0 Å². The zero-order valence-electron chi connectivity index (χ0n) is 9.30. The van der Waals surface area contributed by atoms with E-state index in [0.717, 1.165) is 6.42 Å². The number of aryl methyl sites for hydroxylation is 1. The van der Waals surface area contributed by atoms with Crippen LogP contribution in [-0.2, 0) is 6.42 Å². The molecule has 0 N–H and O–H groups in total. The number of rotatable bonds is 3. The van der Waals surface area contributed by atoms with Gasteiger partial charge in [0, 0.05) is 5.57 Å². The lowest BCUT2D eigenvalue weighted by Crippen LogP contribution is -1.92. The summed E-state index contributed by atoms with van der Waals surface area (Å²) in [5, 5.41) is 0. The molecule has 0 aliphatic heterocycles. The molecule has 1 aromatic rings. The molecule has 0 unspecified atom stereocenters. The van der Waals surface area contributed by atoms with Gasteiger partial charge in [-0.15, -0.1) is 5.73 Å². The van der Waals surface area contributed by atoms with Gasteiger partial charge in [-0.2, -0.15) is 0 Å². The van der Waals surface area contributed by atoms with Crippen molar-refractivity contribution in [1.82, 2.24) is 0 Å². The standard InChI is InChI=1S/C14H18/c1-5-12-7-9-13(10-8-12)14(6-2)11(3)4/h7-11H,2,5H2,1,3-4H3. The van der Waals surface area contributed by atoms with Gasteiger partial charge in [0.1, 0.15) is 0 Å². The van der Waals surface area contributed by atoms with Gasteiger partial charge in [-0.25, -0.2) is 0 Å². The molecular formula is C14H18. The van der Waals surface area contributed by atoms with E-state index in [-0.39, 0.29) is 0 Å². The van der Waals surface area contributed by atoms with Gasteiger partial charge >= 0.3 is 0 Å². The summed E-state index contributed by atoms with van der Waals surface area (Å²) in [6.07, 6.45) is 1.09. The Morgan fingerprint density at radius 3 is 2.21 bits per heavy atom. The van der Waals surface area contributed by atoms with E-state index < -0.39 is 0 Å². The summed E-state index contributed by atoms with van der Waals surface area (Å²) in [6.45, 7) is 10.2. The van der Waals surface area contributed by atoms with E-state index in [1.165, 1.54) is 16.7 Å². The number of hydrogen-bond donors (Lipinski definition) is 0. The van der Waals surface area contributed by atoms with Crippen LogP contribution in [0.5, 0.6) is 0 Å². The first-order chi connectivity index (χ1) is 6.69. The highest BCUT2D eigenvalue weighted by molar-refractivity contribution is 5.66. The molecule has 74 valence electrons. The third-order valence-corrected chi connectivity index (χ3v) is 2.44. The first-order valence-electron chi connectivity index (χ1n) is 5.18. The van der Waals surface area contributed by atoms with Gasteiger partial charge in [0.15, 0.2) is 0 Å². The van der Waals surface area contributed by atoms with Crippen molar-refractivity contribution in [3.05, 3.63) is 47.7 Å². The van der Waals surface area contributed by atoms with E-state index in [0.29, 0.717) is 5.92 Å². The molecule has 0 nitrogen and oxygen atoms in total. The zero-order valence-corrected chi connectivity index (χ0v) is 9.30. The third kappa shape index (κ3) is 2.37. The minimum atomic E-state index is 0.486. The van der Waals surface area contributed by atoms with Crippen molar-refractivity contribution in [2.45, 2.75) is 27.2 Å². The normalized spacial score (nSPS) is 10.0. The molecule has 0 saturated carbocycles. The third-order valence-electron chi connectivity index (χ3n) is 2.44. The van der Waals surface area contributed by atoms with Gasteiger partial charge in [-0.05, 0) is 23.5 Å². The van der Waals surface area contributed by atoms with Crippen LogP contribution >= 0.6 is 0 Å². The predicted molar refractivity (Wildman–Crippen MR) is 63.2 cm³/mol. The average Bonchev–Trinajstić information content (AvgIpc) is 2.19. The highest BCUT2D eigenvalue weighted by Gasteiger charge is 2.04. The maximum Gasteiger partial charge on any atom is 0.00313 e. The van der Waals surface area contributed by atoms with Crippen molar-refractivity contribution in [1.29, 1.82) is 0 Å². The molecule has 0 aliphatic carbocycles. The van der Waals surface area contributed by atoms with Gasteiger partial charge in [0.25, 0.3) is 0 Å². The van der Waals surface area contributed by atoms with Crippen LogP contribution in [0.2, 0.25) is 0 Å². The maximum atomic E-state index is 3.74. The molecule has 14 heavy (non-hydrogen) atoms. The highest BCUT2D eigenvalue weighted by atomic mass is 14.1. The molecule has 0 heterocycles. The Kier molecular flexibility index (Phi) is 3.73. The van der Waals surface area contributed by atoms with Gasteiger partial charge in [-0.1, -0.05) is 51.6 Å². The maximum absolute atomic E-state index is 3.74. The fourth-order valence-electron chi connectivity index (χ4n) is 1.56. The number of benzene rings is 1. The molecule has 1 aromatic carbocycles. The minimum Gasteiger partial charge on any atom is -0.124 e. The SMILES string of the molecule is C=C=C(c1ccc(CC)cc1)C(C)C. The molecule has 0 saturated heterocycles. The molecule has 0 aliphatic rings. The first kappa shape index (κ1) is 10.8. The van der Waals surface area contributed by atoms with Crippen molar-refractivity contribution in [2.24, 2.45) is 5.92 Å². The van der Waals surface area contributed by atoms with Gasteiger partial charge in [0.05, 0.1) is 0 Å². The summed E-state index contributed by atoms with van der Waals surface area (Å²) in [5.41, 5.74) is 6.84. The summed E-state index contributed by atoms with van der Waals surface area (Å²) < 4.78 is 0. The van der Waals surface area contributed by atoms with Gasteiger partial charge in [0.2, 0.25) is 0 Å². The minimum absolute atomic E-state index is 0.486. The Hall–Kier alpha value is -1.26. The van der Waals surface area contributed by atoms with E-state index in [1.807, 2.05) is 0 Å². The molecule has 0 fully saturated rings. The van der Waals surface area contributed by atoms with Crippen LogP contribution in [0.15, 0.2) is 36.6 Å². The van der Waals surface area contributed by atoms with Crippen molar-refractivity contribution < 1.29 is 0 Å². The van der Waals surface area contributed by atoms with Crippen LogP contribution < -0.4 is 0 Å². The fraction of sp³-hybridized carbons (Fsp3) is 0.357. The van der Waals surface area contributed by atoms with Crippen LogP contribution in [0.4, 0.5) is 0 Å². The highest BCUT2D eigenvalue weighted by Crippen LogP contribution is 2.21. The molecule has 0 bridgehead atoms. The number of allylic oxidation sites excluding steroid dienone is 1. The monoisotopic (exact) mass is 186 g/mol. The molecule has 0 radical (unpaired) electrons. The Morgan fingerprint density at radius 1 is 1.29 bits per heavy atom. The summed E-state index contributed by atoms with van der Waals surface area (Å²) in [7, 11) is 0. The van der Waals surface area contributed by atoms with E-state index in [1.54, 1.807) is 0 Å². The first-order valence-corrected chi connectivity index (χ1v) is 5.18. The summed E-state index contributed by atoms with van der Waals surface area (Å²) >= 11 is 0. The fourth-order valence-corrected chi connectivity index (χ4v) is 1.56. The molecule has 1 rings (SSSR count). The summed E-state index contributed by atoms with van der Waals surface area (Å²) in [5.74, 6) is 0.486. The van der Waals surface area contributed by atoms with E-state index >= 15 is 0 Å². The molecule has 0 heteroatoms. The summed E-state index contributed by atoms with van der Waals surface area (Å²) in [6, 6.07) is 8.67. The smallest absolute Gasteiger partial charge is 0.00313 e. The van der Waals surface area contributed by atoms with Gasteiger partial charge in [-0.3, -0.25) is 0 Å². The second-order valence-electron chi connectivity index (χ2n) is 3.80. The lowest BCUT2D eigenvalue weighted by atomic mass is 9.95. The van der Waals surface area contributed by atoms with Crippen molar-refractivity contribution in [2.75, 3.05) is 0 Å². The second kappa shape index (κ2) is 4.83. The predicted octanol–water partition coefficient (Wildman–Crippen LogP) is 4.07. The van der Waals surface area contributed by atoms with Crippen LogP contribution in [0.3, 0.4) is 0 Å². The summed E-state index contributed by atoms with van der Waals surface area (Å²) in [4.78, 5) is 0.